The van der Waals surface area contributed by atoms with Crippen molar-refractivity contribution in [2.75, 3.05) is 26.9 Å². The van der Waals surface area contributed by atoms with Crippen molar-refractivity contribution in [3.63, 3.8) is 0 Å². The van der Waals surface area contributed by atoms with E-state index in [9.17, 15) is 0 Å². The summed E-state index contributed by atoms with van der Waals surface area (Å²) >= 11 is 0. The second kappa shape index (κ2) is 4.64. The summed E-state index contributed by atoms with van der Waals surface area (Å²) in [6.45, 7) is 3.87. The van der Waals surface area contributed by atoms with Crippen LogP contribution in [0.25, 0.3) is 0 Å². The molecule has 0 aromatic heterocycles. The second-order valence-electron chi connectivity index (χ2n) is 4.77. The SMILES string of the molecule is COc1ccc(C(N)C2(CN)COC2)cc1C. The van der Waals surface area contributed by atoms with E-state index in [1.165, 1.54) is 0 Å². The lowest BCUT2D eigenvalue weighted by Gasteiger charge is -2.45. The van der Waals surface area contributed by atoms with Crippen molar-refractivity contribution in [1.82, 2.24) is 0 Å². The van der Waals surface area contributed by atoms with Crippen molar-refractivity contribution >= 4 is 0 Å². The van der Waals surface area contributed by atoms with Gasteiger partial charge in [-0.15, -0.1) is 0 Å². The molecule has 4 heteroatoms. The molecule has 1 heterocycles. The molecule has 2 rings (SSSR count). The van der Waals surface area contributed by atoms with E-state index in [0.717, 1.165) is 16.9 Å². The minimum Gasteiger partial charge on any atom is -0.496 e. The molecule has 1 fully saturated rings. The first-order chi connectivity index (χ1) is 8.13. The number of benzene rings is 1. The Hall–Kier alpha value is -1.10. The fraction of sp³-hybridized carbons (Fsp3) is 0.538. The smallest absolute Gasteiger partial charge is 0.121 e. The van der Waals surface area contributed by atoms with Gasteiger partial charge in [-0.1, -0.05) is 12.1 Å². The van der Waals surface area contributed by atoms with Gasteiger partial charge in [-0.2, -0.15) is 0 Å². The monoisotopic (exact) mass is 236 g/mol. The van der Waals surface area contributed by atoms with E-state index in [-0.39, 0.29) is 11.5 Å². The maximum atomic E-state index is 6.31. The van der Waals surface area contributed by atoms with E-state index in [0.29, 0.717) is 19.8 Å². The van der Waals surface area contributed by atoms with Crippen LogP contribution in [0.4, 0.5) is 0 Å². The number of hydrogen-bond donors (Lipinski definition) is 2. The lowest BCUT2D eigenvalue weighted by atomic mass is 9.75. The number of rotatable bonds is 4. The zero-order chi connectivity index (χ0) is 12.5. The van der Waals surface area contributed by atoms with E-state index in [1.54, 1.807) is 7.11 Å². The molecule has 1 aromatic carbocycles. The molecule has 0 spiro atoms. The third-order valence-electron chi connectivity index (χ3n) is 3.62. The highest BCUT2D eigenvalue weighted by atomic mass is 16.5. The molecule has 0 amide bonds. The standard InChI is InChI=1S/C13H20N2O2/c1-9-5-10(3-4-11(9)16-2)12(15)13(6-14)7-17-8-13/h3-5,12H,6-8,14-15H2,1-2H3. The molecule has 0 bridgehead atoms. The molecule has 1 aliphatic heterocycles. The predicted octanol–water partition coefficient (Wildman–Crippen LogP) is 0.979. The largest absolute Gasteiger partial charge is 0.496 e. The van der Waals surface area contributed by atoms with Gasteiger partial charge in [0, 0.05) is 18.0 Å². The Bertz CT molecular complexity index is 397. The van der Waals surface area contributed by atoms with Crippen molar-refractivity contribution in [2.45, 2.75) is 13.0 Å². The molecule has 1 aliphatic rings. The molecule has 1 aromatic rings. The van der Waals surface area contributed by atoms with Gasteiger partial charge in [0.2, 0.25) is 0 Å². The van der Waals surface area contributed by atoms with Crippen LogP contribution in [-0.4, -0.2) is 26.9 Å². The Morgan fingerprint density at radius 2 is 2.18 bits per heavy atom. The molecule has 4 nitrogen and oxygen atoms in total. The number of hydrogen-bond acceptors (Lipinski definition) is 4. The third-order valence-corrected chi connectivity index (χ3v) is 3.62. The summed E-state index contributed by atoms with van der Waals surface area (Å²) in [6.07, 6.45) is 0. The second-order valence-corrected chi connectivity index (χ2v) is 4.77. The van der Waals surface area contributed by atoms with E-state index >= 15 is 0 Å². The van der Waals surface area contributed by atoms with Crippen molar-refractivity contribution in [3.8, 4) is 5.75 Å². The van der Waals surface area contributed by atoms with E-state index in [1.807, 2.05) is 19.1 Å². The predicted molar refractivity (Wildman–Crippen MR) is 67.0 cm³/mol. The van der Waals surface area contributed by atoms with Gasteiger partial charge in [0.25, 0.3) is 0 Å². The zero-order valence-corrected chi connectivity index (χ0v) is 10.4. The molecular weight excluding hydrogens is 216 g/mol. The van der Waals surface area contributed by atoms with Gasteiger partial charge in [-0.05, 0) is 24.1 Å². The average molecular weight is 236 g/mol. The van der Waals surface area contributed by atoms with Gasteiger partial charge in [-0.3, -0.25) is 0 Å². The third kappa shape index (κ3) is 2.04. The number of nitrogens with two attached hydrogens (primary N) is 2. The molecule has 1 saturated heterocycles. The first kappa shape index (κ1) is 12.4. The molecule has 0 radical (unpaired) electrons. The summed E-state index contributed by atoms with van der Waals surface area (Å²) in [5.41, 5.74) is 14.2. The summed E-state index contributed by atoms with van der Waals surface area (Å²) < 4.78 is 10.5. The normalized spacial score (nSPS) is 19.5. The molecule has 1 unspecified atom stereocenters. The quantitative estimate of drug-likeness (QED) is 0.817. The highest BCUT2D eigenvalue weighted by molar-refractivity contribution is 5.38. The van der Waals surface area contributed by atoms with Crippen molar-refractivity contribution in [1.29, 1.82) is 0 Å². The lowest BCUT2D eigenvalue weighted by molar-refractivity contribution is -0.121. The van der Waals surface area contributed by atoms with Crippen LogP contribution in [0.1, 0.15) is 17.2 Å². The molecule has 4 N–H and O–H groups in total. The summed E-state index contributed by atoms with van der Waals surface area (Å²) in [5.74, 6) is 0.882. The fourth-order valence-corrected chi connectivity index (χ4v) is 2.24. The van der Waals surface area contributed by atoms with E-state index in [2.05, 4.69) is 6.07 Å². The van der Waals surface area contributed by atoms with Gasteiger partial charge >= 0.3 is 0 Å². The Morgan fingerprint density at radius 1 is 1.47 bits per heavy atom. The number of aryl methyl sites for hydroxylation is 1. The Labute approximate surface area is 102 Å². The molecular formula is C13H20N2O2. The Balaban J connectivity index is 2.25. The van der Waals surface area contributed by atoms with Gasteiger partial charge in [0.15, 0.2) is 0 Å². The fourth-order valence-electron chi connectivity index (χ4n) is 2.24. The Kier molecular flexibility index (Phi) is 3.38. The molecule has 0 saturated carbocycles. The summed E-state index contributed by atoms with van der Waals surface area (Å²) in [6, 6.07) is 5.95. The molecule has 94 valence electrons. The molecule has 0 aliphatic carbocycles. The number of methoxy groups -OCH3 is 1. The number of ether oxygens (including phenoxy) is 2. The summed E-state index contributed by atoms with van der Waals surface area (Å²) in [4.78, 5) is 0. The summed E-state index contributed by atoms with van der Waals surface area (Å²) in [7, 11) is 1.67. The van der Waals surface area contributed by atoms with E-state index in [4.69, 9.17) is 20.9 Å². The van der Waals surface area contributed by atoms with Gasteiger partial charge < -0.3 is 20.9 Å². The topological polar surface area (TPSA) is 70.5 Å². The highest BCUT2D eigenvalue weighted by Gasteiger charge is 2.43. The maximum Gasteiger partial charge on any atom is 0.121 e. The van der Waals surface area contributed by atoms with Crippen molar-refractivity contribution in [2.24, 2.45) is 16.9 Å². The van der Waals surface area contributed by atoms with Crippen LogP contribution in [0.5, 0.6) is 5.75 Å². The van der Waals surface area contributed by atoms with Crippen LogP contribution in [0, 0.1) is 12.3 Å². The summed E-state index contributed by atoms with van der Waals surface area (Å²) in [5, 5.41) is 0. The van der Waals surface area contributed by atoms with Crippen LogP contribution >= 0.6 is 0 Å². The van der Waals surface area contributed by atoms with Gasteiger partial charge in [0.1, 0.15) is 5.75 Å². The zero-order valence-electron chi connectivity index (χ0n) is 10.4. The van der Waals surface area contributed by atoms with Crippen molar-refractivity contribution in [3.05, 3.63) is 29.3 Å². The van der Waals surface area contributed by atoms with E-state index < -0.39 is 0 Å². The van der Waals surface area contributed by atoms with Crippen LogP contribution in [-0.2, 0) is 4.74 Å². The first-order valence-corrected chi connectivity index (χ1v) is 5.81. The van der Waals surface area contributed by atoms with Gasteiger partial charge in [0.05, 0.1) is 20.3 Å². The highest BCUT2D eigenvalue weighted by Crippen LogP contribution is 2.38. The molecule has 17 heavy (non-hydrogen) atoms. The Morgan fingerprint density at radius 3 is 2.59 bits per heavy atom. The molecule has 1 atom stereocenters. The van der Waals surface area contributed by atoms with Gasteiger partial charge in [-0.25, -0.2) is 0 Å². The van der Waals surface area contributed by atoms with Crippen molar-refractivity contribution < 1.29 is 9.47 Å². The minimum absolute atomic E-state index is 0.0779. The van der Waals surface area contributed by atoms with Crippen LogP contribution in [0.3, 0.4) is 0 Å². The lowest BCUT2D eigenvalue weighted by Crippen LogP contribution is -2.54. The van der Waals surface area contributed by atoms with Crippen LogP contribution < -0.4 is 16.2 Å². The first-order valence-electron chi connectivity index (χ1n) is 5.81. The minimum atomic E-state index is -0.0962. The van der Waals surface area contributed by atoms with Crippen LogP contribution in [0.15, 0.2) is 18.2 Å². The maximum absolute atomic E-state index is 6.31. The van der Waals surface area contributed by atoms with Crippen LogP contribution in [0.2, 0.25) is 0 Å². The average Bonchev–Trinajstić information content (AvgIpc) is 2.28.